The van der Waals surface area contributed by atoms with E-state index in [0.717, 1.165) is 4.47 Å². The summed E-state index contributed by atoms with van der Waals surface area (Å²) in [7, 11) is 0. The van der Waals surface area contributed by atoms with Crippen LogP contribution in [0.2, 0.25) is 0 Å². The van der Waals surface area contributed by atoms with E-state index in [-0.39, 0.29) is 0 Å². The van der Waals surface area contributed by atoms with Gasteiger partial charge in [-0.25, -0.2) is 0 Å². The summed E-state index contributed by atoms with van der Waals surface area (Å²) in [5.74, 6) is 0. The molecule has 0 spiro atoms. The minimum absolute atomic E-state index is 0.317. The molecule has 10 heavy (non-hydrogen) atoms. The van der Waals surface area contributed by atoms with Crippen LogP contribution in [0.15, 0.2) is 28.7 Å². The Labute approximate surface area is 75.2 Å². The molecule has 0 aliphatic rings. The maximum Gasteiger partial charge on any atom is 0.0239 e. The van der Waals surface area contributed by atoms with E-state index in [2.05, 4.69) is 47.6 Å². The van der Waals surface area contributed by atoms with Gasteiger partial charge in [-0.05, 0) is 24.6 Å². The van der Waals surface area contributed by atoms with Crippen molar-refractivity contribution in [1.29, 1.82) is 0 Å². The van der Waals surface area contributed by atoms with Crippen molar-refractivity contribution in [2.24, 2.45) is 0 Å². The van der Waals surface area contributed by atoms with Crippen molar-refractivity contribution < 1.29 is 0 Å². The zero-order chi connectivity index (χ0) is 7.56. The van der Waals surface area contributed by atoms with Gasteiger partial charge in [0.1, 0.15) is 0 Å². The molecule has 1 aromatic carbocycles. The van der Waals surface area contributed by atoms with Crippen molar-refractivity contribution in [2.75, 3.05) is 0 Å². The maximum absolute atomic E-state index is 4.31. The number of thiol groups is 1. The first-order valence-corrected chi connectivity index (χ1v) is 4.44. The number of benzene rings is 1. The van der Waals surface area contributed by atoms with E-state index in [0.29, 0.717) is 5.25 Å². The Balaban J connectivity index is 2.96. The van der Waals surface area contributed by atoms with Gasteiger partial charge < -0.3 is 0 Å². The van der Waals surface area contributed by atoms with Crippen LogP contribution in [-0.2, 0) is 0 Å². The fourth-order valence-corrected chi connectivity index (χ4v) is 1.34. The Morgan fingerprint density at radius 3 is 2.60 bits per heavy atom. The summed E-state index contributed by atoms with van der Waals surface area (Å²) < 4.78 is 1.12. The van der Waals surface area contributed by atoms with Gasteiger partial charge in [0.15, 0.2) is 0 Å². The van der Waals surface area contributed by atoms with Crippen LogP contribution in [0.1, 0.15) is 17.7 Å². The lowest BCUT2D eigenvalue weighted by Crippen LogP contribution is -1.81. The first-order valence-electron chi connectivity index (χ1n) is 3.13. The Bertz CT molecular complexity index is 220. The van der Waals surface area contributed by atoms with Crippen molar-refractivity contribution >= 4 is 28.6 Å². The predicted molar refractivity (Wildman–Crippen MR) is 51.5 cm³/mol. The SMILES string of the molecule is C[C@H](S)c1cccc(Br)c1. The van der Waals surface area contributed by atoms with Crippen LogP contribution in [0.3, 0.4) is 0 Å². The van der Waals surface area contributed by atoms with Crippen molar-refractivity contribution in [3.8, 4) is 0 Å². The highest BCUT2D eigenvalue weighted by Gasteiger charge is 1.97. The average molecular weight is 217 g/mol. The number of rotatable bonds is 1. The lowest BCUT2D eigenvalue weighted by atomic mass is 10.2. The van der Waals surface area contributed by atoms with Crippen LogP contribution in [0.5, 0.6) is 0 Å². The summed E-state index contributed by atoms with van der Waals surface area (Å²) in [6.07, 6.45) is 0. The molecule has 0 aromatic heterocycles. The normalized spacial score (nSPS) is 13.1. The molecule has 1 rings (SSSR count). The van der Waals surface area contributed by atoms with Crippen molar-refractivity contribution in [2.45, 2.75) is 12.2 Å². The standard InChI is InChI=1S/C8H9BrS/c1-6(10)7-3-2-4-8(9)5-7/h2-6,10H,1H3/t6-/m0/s1. The second-order valence-corrected chi connectivity index (χ2v) is 3.92. The summed E-state index contributed by atoms with van der Waals surface area (Å²) in [4.78, 5) is 0. The van der Waals surface area contributed by atoms with E-state index in [1.54, 1.807) is 0 Å². The second kappa shape index (κ2) is 3.44. The van der Waals surface area contributed by atoms with E-state index < -0.39 is 0 Å². The second-order valence-electron chi connectivity index (χ2n) is 2.23. The molecule has 1 aromatic rings. The molecule has 0 aliphatic heterocycles. The number of hydrogen-bond donors (Lipinski definition) is 1. The molecule has 0 amide bonds. The zero-order valence-corrected chi connectivity index (χ0v) is 8.19. The summed E-state index contributed by atoms with van der Waals surface area (Å²) in [5.41, 5.74) is 1.25. The van der Waals surface area contributed by atoms with Crippen LogP contribution in [0, 0.1) is 0 Å². The third kappa shape index (κ3) is 2.03. The predicted octanol–water partition coefficient (Wildman–Crippen LogP) is 3.44. The lowest BCUT2D eigenvalue weighted by Gasteiger charge is -2.02. The van der Waals surface area contributed by atoms with Crippen molar-refractivity contribution in [3.63, 3.8) is 0 Å². The Hall–Kier alpha value is 0.0500. The fourth-order valence-electron chi connectivity index (χ4n) is 0.766. The topological polar surface area (TPSA) is 0 Å². The summed E-state index contributed by atoms with van der Waals surface area (Å²) in [6.45, 7) is 2.06. The van der Waals surface area contributed by atoms with E-state index >= 15 is 0 Å². The van der Waals surface area contributed by atoms with Crippen LogP contribution in [0.4, 0.5) is 0 Å². The van der Waals surface area contributed by atoms with Gasteiger partial charge in [-0.2, -0.15) is 12.6 Å². The largest absolute Gasteiger partial charge is 0.171 e. The van der Waals surface area contributed by atoms with E-state index in [9.17, 15) is 0 Å². The first-order chi connectivity index (χ1) is 4.70. The quantitative estimate of drug-likeness (QED) is 0.684. The number of hydrogen-bond acceptors (Lipinski definition) is 1. The van der Waals surface area contributed by atoms with Gasteiger partial charge in [0.05, 0.1) is 0 Å². The van der Waals surface area contributed by atoms with Crippen LogP contribution in [0.25, 0.3) is 0 Å². The molecule has 0 nitrogen and oxygen atoms in total. The molecular weight excluding hydrogens is 208 g/mol. The van der Waals surface area contributed by atoms with Gasteiger partial charge in [-0.15, -0.1) is 0 Å². The minimum Gasteiger partial charge on any atom is -0.171 e. The van der Waals surface area contributed by atoms with E-state index in [1.165, 1.54) is 5.56 Å². The van der Waals surface area contributed by atoms with Crippen LogP contribution < -0.4 is 0 Å². The maximum atomic E-state index is 4.31. The number of halogens is 1. The molecule has 1 atom stereocenters. The molecule has 0 N–H and O–H groups in total. The molecule has 54 valence electrons. The molecule has 0 saturated carbocycles. The highest BCUT2D eigenvalue weighted by atomic mass is 79.9. The average Bonchev–Trinajstić information content (AvgIpc) is 1.88. The van der Waals surface area contributed by atoms with E-state index in [1.807, 2.05) is 12.1 Å². The molecule has 0 aliphatic carbocycles. The van der Waals surface area contributed by atoms with Crippen molar-refractivity contribution in [1.82, 2.24) is 0 Å². The highest BCUT2D eigenvalue weighted by Crippen LogP contribution is 2.21. The van der Waals surface area contributed by atoms with Gasteiger partial charge in [-0.1, -0.05) is 28.1 Å². The Kier molecular flexibility index (Phi) is 2.81. The lowest BCUT2D eigenvalue weighted by molar-refractivity contribution is 1.11. The van der Waals surface area contributed by atoms with Gasteiger partial charge in [-0.3, -0.25) is 0 Å². The molecule has 0 heterocycles. The van der Waals surface area contributed by atoms with Gasteiger partial charge >= 0.3 is 0 Å². The summed E-state index contributed by atoms with van der Waals surface area (Å²) in [5, 5.41) is 0.317. The molecule has 0 fully saturated rings. The monoisotopic (exact) mass is 216 g/mol. The zero-order valence-electron chi connectivity index (χ0n) is 5.71. The van der Waals surface area contributed by atoms with Crippen LogP contribution >= 0.6 is 28.6 Å². The fraction of sp³-hybridized carbons (Fsp3) is 0.250. The van der Waals surface area contributed by atoms with E-state index in [4.69, 9.17) is 0 Å². The third-order valence-corrected chi connectivity index (χ3v) is 2.12. The smallest absolute Gasteiger partial charge is 0.0239 e. The van der Waals surface area contributed by atoms with Gasteiger partial charge in [0.25, 0.3) is 0 Å². The molecule has 0 unspecified atom stereocenters. The molecule has 0 bridgehead atoms. The summed E-state index contributed by atoms with van der Waals surface area (Å²) >= 11 is 7.71. The molecule has 0 saturated heterocycles. The Morgan fingerprint density at radius 1 is 1.50 bits per heavy atom. The van der Waals surface area contributed by atoms with Gasteiger partial charge in [0.2, 0.25) is 0 Å². The minimum atomic E-state index is 0.317. The van der Waals surface area contributed by atoms with Gasteiger partial charge in [0, 0.05) is 9.72 Å². The molecular formula is C8H9BrS. The Morgan fingerprint density at radius 2 is 2.20 bits per heavy atom. The van der Waals surface area contributed by atoms with Crippen molar-refractivity contribution in [3.05, 3.63) is 34.3 Å². The molecule has 0 radical (unpaired) electrons. The van der Waals surface area contributed by atoms with Crippen LogP contribution in [-0.4, -0.2) is 0 Å². The summed E-state index contributed by atoms with van der Waals surface area (Å²) in [6, 6.07) is 8.19. The molecule has 2 heteroatoms. The highest BCUT2D eigenvalue weighted by molar-refractivity contribution is 9.10. The third-order valence-electron chi connectivity index (χ3n) is 1.33. The first kappa shape index (κ1) is 8.15.